The molecule has 5 rings (SSSR count). The highest BCUT2D eigenvalue weighted by molar-refractivity contribution is 7.89. The van der Waals surface area contributed by atoms with Crippen LogP contribution in [0.5, 0.6) is 11.5 Å². The standard InChI is InChI=1S/C21H22N6O5S/c28-21(23-16-2-1-3-17(12-16)27-14-22-24-25-27)15-6-8-26(9-7-15)33(29,30)18-4-5-19-20(13-18)32-11-10-31-19/h1-5,12-15H,6-11H2,(H,23,28). The molecule has 1 N–H and O–H groups in total. The second-order valence-electron chi connectivity index (χ2n) is 7.78. The number of aromatic nitrogens is 4. The van der Waals surface area contributed by atoms with Crippen molar-refractivity contribution in [3.8, 4) is 17.2 Å². The van der Waals surface area contributed by atoms with Crippen LogP contribution in [0.25, 0.3) is 5.69 Å². The average molecular weight is 471 g/mol. The van der Waals surface area contributed by atoms with Gasteiger partial charge in [-0.3, -0.25) is 4.79 Å². The van der Waals surface area contributed by atoms with Gasteiger partial charge in [0, 0.05) is 30.8 Å². The number of amides is 1. The molecule has 0 saturated carbocycles. The lowest BCUT2D eigenvalue weighted by Crippen LogP contribution is -2.41. The zero-order valence-corrected chi connectivity index (χ0v) is 18.4. The van der Waals surface area contributed by atoms with Crippen molar-refractivity contribution in [1.29, 1.82) is 0 Å². The molecule has 11 nitrogen and oxygen atoms in total. The van der Waals surface area contributed by atoms with Gasteiger partial charge < -0.3 is 14.8 Å². The van der Waals surface area contributed by atoms with Crippen molar-refractivity contribution in [1.82, 2.24) is 24.5 Å². The Morgan fingerprint density at radius 2 is 1.82 bits per heavy atom. The fraction of sp³-hybridized carbons (Fsp3) is 0.333. The van der Waals surface area contributed by atoms with E-state index in [0.29, 0.717) is 43.2 Å². The number of tetrazole rings is 1. The maximum atomic E-state index is 13.1. The summed E-state index contributed by atoms with van der Waals surface area (Å²) in [5, 5.41) is 14.0. The first-order valence-corrected chi connectivity index (χ1v) is 12.0. The number of carbonyl (C=O) groups excluding carboxylic acids is 1. The third-order valence-electron chi connectivity index (χ3n) is 5.70. The highest BCUT2D eigenvalue weighted by Gasteiger charge is 2.33. The Kier molecular flexibility index (Phi) is 5.68. The summed E-state index contributed by atoms with van der Waals surface area (Å²) < 4.78 is 40.1. The number of anilines is 1. The molecule has 172 valence electrons. The van der Waals surface area contributed by atoms with Gasteiger partial charge in [0.05, 0.1) is 10.6 Å². The first-order chi connectivity index (χ1) is 16.0. The summed E-state index contributed by atoms with van der Waals surface area (Å²) in [5.74, 6) is 0.550. The van der Waals surface area contributed by atoms with E-state index in [1.807, 2.05) is 6.07 Å². The van der Waals surface area contributed by atoms with E-state index < -0.39 is 10.0 Å². The molecule has 2 aromatic carbocycles. The lowest BCUT2D eigenvalue weighted by Gasteiger charge is -2.31. The molecule has 3 heterocycles. The fourth-order valence-electron chi connectivity index (χ4n) is 3.94. The van der Waals surface area contributed by atoms with Crippen LogP contribution in [0.4, 0.5) is 5.69 Å². The van der Waals surface area contributed by atoms with Gasteiger partial charge >= 0.3 is 0 Å². The summed E-state index contributed by atoms with van der Waals surface area (Å²) in [6, 6.07) is 11.8. The van der Waals surface area contributed by atoms with E-state index in [9.17, 15) is 13.2 Å². The van der Waals surface area contributed by atoms with E-state index in [-0.39, 0.29) is 29.8 Å². The quantitative estimate of drug-likeness (QED) is 0.594. The largest absolute Gasteiger partial charge is 0.486 e. The molecule has 2 aliphatic heterocycles. The van der Waals surface area contributed by atoms with Gasteiger partial charge in [-0.1, -0.05) is 6.07 Å². The number of nitrogens with one attached hydrogen (secondary N) is 1. The van der Waals surface area contributed by atoms with Crippen molar-refractivity contribution in [2.24, 2.45) is 5.92 Å². The van der Waals surface area contributed by atoms with Gasteiger partial charge in [0.15, 0.2) is 11.5 Å². The Hall–Kier alpha value is -3.51. The number of hydrogen-bond donors (Lipinski definition) is 1. The molecule has 0 spiro atoms. The van der Waals surface area contributed by atoms with Crippen molar-refractivity contribution < 1.29 is 22.7 Å². The van der Waals surface area contributed by atoms with Crippen LogP contribution in [0.1, 0.15) is 12.8 Å². The monoisotopic (exact) mass is 470 g/mol. The molecule has 3 aromatic rings. The Bertz CT molecular complexity index is 1260. The Labute approximate surface area is 190 Å². The predicted molar refractivity (Wildman–Crippen MR) is 117 cm³/mol. The van der Waals surface area contributed by atoms with E-state index >= 15 is 0 Å². The van der Waals surface area contributed by atoms with Gasteiger partial charge in [0.1, 0.15) is 19.5 Å². The van der Waals surface area contributed by atoms with E-state index in [1.165, 1.54) is 27.4 Å². The van der Waals surface area contributed by atoms with Crippen molar-refractivity contribution in [3.63, 3.8) is 0 Å². The first kappa shape index (κ1) is 21.3. The van der Waals surface area contributed by atoms with Gasteiger partial charge in [-0.15, -0.1) is 5.10 Å². The van der Waals surface area contributed by atoms with Crippen LogP contribution in [0.2, 0.25) is 0 Å². The zero-order chi connectivity index (χ0) is 22.8. The molecule has 0 bridgehead atoms. The topological polar surface area (TPSA) is 129 Å². The van der Waals surface area contributed by atoms with Crippen molar-refractivity contribution >= 4 is 21.6 Å². The Morgan fingerprint density at radius 1 is 1.03 bits per heavy atom. The van der Waals surface area contributed by atoms with Gasteiger partial charge in [0.25, 0.3) is 0 Å². The van der Waals surface area contributed by atoms with Crippen LogP contribution in [0.3, 0.4) is 0 Å². The van der Waals surface area contributed by atoms with Gasteiger partial charge in [0.2, 0.25) is 15.9 Å². The molecule has 2 aliphatic rings. The molecule has 1 fully saturated rings. The fourth-order valence-corrected chi connectivity index (χ4v) is 5.43. The van der Waals surface area contributed by atoms with Crippen LogP contribution in [0.15, 0.2) is 53.7 Å². The number of benzene rings is 2. The van der Waals surface area contributed by atoms with Crippen LogP contribution in [0, 0.1) is 5.92 Å². The summed E-state index contributed by atoms with van der Waals surface area (Å²) in [5.41, 5.74) is 1.34. The van der Waals surface area contributed by atoms with Crippen LogP contribution in [-0.4, -0.2) is 65.1 Å². The van der Waals surface area contributed by atoms with Crippen molar-refractivity contribution in [2.45, 2.75) is 17.7 Å². The predicted octanol–water partition coefficient (Wildman–Crippen LogP) is 1.47. The number of sulfonamides is 1. The molecular weight excluding hydrogens is 448 g/mol. The van der Waals surface area contributed by atoms with E-state index in [1.54, 1.807) is 24.3 Å². The molecule has 0 aliphatic carbocycles. The summed E-state index contributed by atoms with van der Waals surface area (Å²) in [6.07, 6.45) is 2.34. The molecule has 12 heteroatoms. The normalized spacial score (nSPS) is 17.0. The maximum Gasteiger partial charge on any atom is 0.243 e. The highest BCUT2D eigenvalue weighted by atomic mass is 32.2. The number of ether oxygens (including phenoxy) is 2. The van der Waals surface area contributed by atoms with E-state index in [0.717, 1.165) is 5.69 Å². The number of hydrogen-bond acceptors (Lipinski definition) is 8. The van der Waals surface area contributed by atoms with Crippen LogP contribution >= 0.6 is 0 Å². The van der Waals surface area contributed by atoms with Gasteiger partial charge in [-0.25, -0.2) is 13.1 Å². The van der Waals surface area contributed by atoms with Gasteiger partial charge in [-0.2, -0.15) is 4.31 Å². The minimum Gasteiger partial charge on any atom is -0.486 e. The molecule has 0 atom stereocenters. The Morgan fingerprint density at radius 3 is 2.58 bits per heavy atom. The smallest absolute Gasteiger partial charge is 0.243 e. The SMILES string of the molecule is O=C(Nc1cccc(-n2cnnn2)c1)C1CCN(S(=O)(=O)c2ccc3c(c2)OCCO3)CC1. The number of fused-ring (bicyclic) bond motifs is 1. The first-order valence-electron chi connectivity index (χ1n) is 10.5. The second-order valence-corrected chi connectivity index (χ2v) is 9.72. The molecular formula is C21H22N6O5S. The number of carbonyl (C=O) groups is 1. The summed E-state index contributed by atoms with van der Waals surface area (Å²) >= 11 is 0. The minimum absolute atomic E-state index is 0.139. The van der Waals surface area contributed by atoms with E-state index in [2.05, 4.69) is 20.8 Å². The van der Waals surface area contributed by atoms with Crippen molar-refractivity contribution in [2.75, 3.05) is 31.6 Å². The van der Waals surface area contributed by atoms with Crippen LogP contribution < -0.4 is 14.8 Å². The number of rotatable bonds is 5. The second kappa shape index (κ2) is 8.79. The summed E-state index contributed by atoms with van der Waals surface area (Å²) in [6.45, 7) is 1.35. The lowest BCUT2D eigenvalue weighted by atomic mass is 9.97. The molecule has 1 amide bonds. The molecule has 0 radical (unpaired) electrons. The van der Waals surface area contributed by atoms with E-state index in [4.69, 9.17) is 9.47 Å². The number of piperidine rings is 1. The lowest BCUT2D eigenvalue weighted by molar-refractivity contribution is -0.120. The third kappa shape index (κ3) is 4.39. The average Bonchev–Trinajstić information content (AvgIpc) is 3.39. The summed E-state index contributed by atoms with van der Waals surface area (Å²) in [4.78, 5) is 13.0. The molecule has 33 heavy (non-hydrogen) atoms. The maximum absolute atomic E-state index is 13.1. The van der Waals surface area contributed by atoms with Crippen LogP contribution in [-0.2, 0) is 14.8 Å². The minimum atomic E-state index is -3.69. The highest BCUT2D eigenvalue weighted by Crippen LogP contribution is 2.34. The van der Waals surface area contributed by atoms with Gasteiger partial charge in [-0.05, 0) is 53.6 Å². The molecule has 0 unspecified atom stereocenters. The molecule has 1 aromatic heterocycles. The molecule has 1 saturated heterocycles. The zero-order valence-electron chi connectivity index (χ0n) is 17.6. The third-order valence-corrected chi connectivity index (χ3v) is 7.60. The number of nitrogens with zero attached hydrogens (tertiary/aromatic N) is 5. The van der Waals surface area contributed by atoms with Crippen molar-refractivity contribution in [3.05, 3.63) is 48.8 Å². The Balaban J connectivity index is 1.22. The summed E-state index contributed by atoms with van der Waals surface area (Å²) in [7, 11) is -3.69.